The molecule has 0 aliphatic heterocycles. The van der Waals surface area contributed by atoms with Crippen LogP contribution in [0.4, 0.5) is 43.9 Å². The highest BCUT2D eigenvalue weighted by Crippen LogP contribution is 2.39. The van der Waals surface area contributed by atoms with Crippen LogP contribution < -0.4 is 4.74 Å². The van der Waals surface area contributed by atoms with E-state index in [1.807, 2.05) is 6.92 Å². The van der Waals surface area contributed by atoms with Crippen LogP contribution in [-0.2, 0) is 12.3 Å². The first kappa shape index (κ1) is 30.0. The molecule has 39 heavy (non-hydrogen) atoms. The molecular weight excluding hydrogens is 542 g/mol. The minimum absolute atomic E-state index is 0.0533. The van der Waals surface area contributed by atoms with Gasteiger partial charge < -0.3 is 4.74 Å². The van der Waals surface area contributed by atoms with Gasteiger partial charge >= 0.3 is 12.3 Å². The van der Waals surface area contributed by atoms with E-state index in [-0.39, 0.29) is 35.2 Å². The van der Waals surface area contributed by atoms with Gasteiger partial charge in [0.15, 0.2) is 5.83 Å². The topological polar surface area (TPSA) is 9.23 Å². The third-order valence-corrected chi connectivity index (χ3v) is 5.79. The van der Waals surface area contributed by atoms with Crippen molar-refractivity contribution in [3.8, 4) is 16.9 Å². The molecule has 0 saturated heterocycles. The van der Waals surface area contributed by atoms with E-state index in [0.29, 0.717) is 18.6 Å². The number of benzene rings is 3. The van der Waals surface area contributed by atoms with Crippen LogP contribution in [0.1, 0.15) is 55.7 Å². The molecule has 0 bridgehead atoms. The predicted octanol–water partition coefficient (Wildman–Crippen LogP) is 10.5. The number of unbranched alkanes of at least 4 members (excludes halogenated alkanes) is 3. The maximum atomic E-state index is 14.6. The van der Waals surface area contributed by atoms with Crippen molar-refractivity contribution in [2.24, 2.45) is 0 Å². The van der Waals surface area contributed by atoms with Crippen LogP contribution in [-0.4, -0.2) is 0 Å². The van der Waals surface area contributed by atoms with E-state index in [4.69, 9.17) is 0 Å². The molecule has 0 aliphatic rings. The summed E-state index contributed by atoms with van der Waals surface area (Å²) in [6, 6.07) is 7.33. The van der Waals surface area contributed by atoms with Gasteiger partial charge in [-0.2, -0.15) is 22.0 Å². The summed E-state index contributed by atoms with van der Waals surface area (Å²) in [4.78, 5) is 0. The highest BCUT2D eigenvalue weighted by molar-refractivity contribution is 5.68. The Morgan fingerprint density at radius 2 is 1.31 bits per heavy atom. The fourth-order valence-electron chi connectivity index (χ4n) is 3.80. The number of allylic oxidation sites excluding steroid dienone is 1. The number of ether oxygens (including phenoxy) is 1. The second-order valence-corrected chi connectivity index (χ2v) is 8.68. The summed E-state index contributed by atoms with van der Waals surface area (Å²) in [5.74, 6) is -9.10. The molecule has 3 aromatic rings. The second kappa shape index (κ2) is 12.1. The highest BCUT2D eigenvalue weighted by Gasteiger charge is 2.41. The average molecular weight is 564 g/mol. The Labute approximate surface area is 217 Å². The van der Waals surface area contributed by atoms with E-state index in [2.05, 4.69) is 4.74 Å². The molecular formula is C28H22F10O. The van der Waals surface area contributed by atoms with Crippen molar-refractivity contribution in [1.29, 1.82) is 0 Å². The normalized spacial score (nSPS) is 12.9. The van der Waals surface area contributed by atoms with Gasteiger partial charge in [-0.3, -0.25) is 0 Å². The van der Waals surface area contributed by atoms with E-state index >= 15 is 0 Å². The maximum Gasteiger partial charge on any atom is 0.429 e. The zero-order chi connectivity index (χ0) is 29.0. The zero-order valence-electron chi connectivity index (χ0n) is 20.4. The van der Waals surface area contributed by atoms with E-state index in [9.17, 15) is 43.9 Å². The SMILES string of the molecule is CCCCCC/C(F)=C(\F)c1ccc(-c2ccc(C(F)(F)Oc3cc(F)c(C(F)(F)F)c(F)c3)c(F)c2)cc1. The molecule has 0 fully saturated rings. The Hall–Kier alpha value is -3.50. The van der Waals surface area contributed by atoms with Crippen LogP contribution in [0.25, 0.3) is 17.0 Å². The Balaban J connectivity index is 1.79. The van der Waals surface area contributed by atoms with Gasteiger partial charge in [-0.25, -0.2) is 22.0 Å². The lowest BCUT2D eigenvalue weighted by molar-refractivity contribution is -0.187. The van der Waals surface area contributed by atoms with Crippen LogP contribution in [0.15, 0.2) is 60.4 Å². The first-order valence-corrected chi connectivity index (χ1v) is 11.8. The second-order valence-electron chi connectivity index (χ2n) is 8.68. The van der Waals surface area contributed by atoms with Gasteiger partial charge in [0, 0.05) is 24.1 Å². The van der Waals surface area contributed by atoms with E-state index in [1.54, 1.807) is 0 Å². The molecule has 0 unspecified atom stereocenters. The quantitative estimate of drug-likeness (QED) is 0.176. The van der Waals surface area contributed by atoms with Crippen molar-refractivity contribution >= 4 is 5.83 Å². The summed E-state index contributed by atoms with van der Waals surface area (Å²) in [6.45, 7) is 1.99. The lowest BCUT2D eigenvalue weighted by Crippen LogP contribution is -2.24. The van der Waals surface area contributed by atoms with E-state index in [0.717, 1.165) is 25.3 Å². The first-order valence-electron chi connectivity index (χ1n) is 11.8. The molecule has 210 valence electrons. The summed E-state index contributed by atoms with van der Waals surface area (Å²) in [5, 5.41) is 0. The van der Waals surface area contributed by atoms with E-state index < -0.39 is 58.3 Å². The number of rotatable bonds is 10. The number of hydrogen-bond acceptors (Lipinski definition) is 1. The Bertz CT molecular complexity index is 1300. The summed E-state index contributed by atoms with van der Waals surface area (Å²) >= 11 is 0. The number of hydrogen-bond donors (Lipinski definition) is 0. The molecule has 3 aromatic carbocycles. The predicted molar refractivity (Wildman–Crippen MR) is 126 cm³/mol. The lowest BCUT2D eigenvalue weighted by Gasteiger charge is -2.20. The fourth-order valence-corrected chi connectivity index (χ4v) is 3.80. The molecule has 0 amide bonds. The maximum absolute atomic E-state index is 14.6. The molecule has 0 atom stereocenters. The molecule has 0 heterocycles. The first-order chi connectivity index (χ1) is 18.2. The van der Waals surface area contributed by atoms with Gasteiger partial charge in [0.2, 0.25) is 0 Å². The summed E-state index contributed by atoms with van der Waals surface area (Å²) in [7, 11) is 0. The van der Waals surface area contributed by atoms with E-state index in [1.165, 1.54) is 24.3 Å². The average Bonchev–Trinajstić information content (AvgIpc) is 2.84. The molecule has 0 spiro atoms. The Morgan fingerprint density at radius 1 is 0.718 bits per heavy atom. The molecule has 3 rings (SSSR count). The van der Waals surface area contributed by atoms with Gasteiger partial charge in [0.25, 0.3) is 0 Å². The minimum Gasteiger partial charge on any atom is -0.429 e. The van der Waals surface area contributed by atoms with Crippen LogP contribution in [0.3, 0.4) is 0 Å². The van der Waals surface area contributed by atoms with Crippen LogP contribution in [0.5, 0.6) is 5.75 Å². The third kappa shape index (κ3) is 7.33. The molecule has 0 radical (unpaired) electrons. The van der Waals surface area contributed by atoms with Crippen molar-refractivity contribution in [3.63, 3.8) is 0 Å². The van der Waals surface area contributed by atoms with Crippen molar-refractivity contribution in [2.75, 3.05) is 0 Å². The standard InChI is InChI=1S/C28H22F10O/c1-2-3-4-5-6-21(29)26(33)17-9-7-16(8-10-17)18-11-12-20(22(30)13-18)28(37,38)39-19-14-23(31)25(24(32)15-19)27(34,35)36/h7-15H,2-6H2,1H3/b26-21+. The van der Waals surface area contributed by atoms with Gasteiger partial charge in [-0.05, 0) is 29.7 Å². The van der Waals surface area contributed by atoms with Gasteiger partial charge in [0.1, 0.15) is 34.6 Å². The molecule has 1 nitrogen and oxygen atoms in total. The Kier molecular flexibility index (Phi) is 9.34. The molecule has 0 aliphatic carbocycles. The van der Waals surface area contributed by atoms with Crippen LogP contribution >= 0.6 is 0 Å². The monoisotopic (exact) mass is 564 g/mol. The largest absolute Gasteiger partial charge is 0.429 e. The number of alkyl halides is 5. The van der Waals surface area contributed by atoms with Gasteiger partial charge in [-0.1, -0.05) is 56.5 Å². The van der Waals surface area contributed by atoms with Gasteiger partial charge in [0.05, 0.1) is 5.56 Å². The molecule has 0 saturated carbocycles. The highest BCUT2D eigenvalue weighted by atomic mass is 19.4. The molecule has 0 aromatic heterocycles. The van der Waals surface area contributed by atoms with Crippen LogP contribution in [0.2, 0.25) is 0 Å². The Morgan fingerprint density at radius 3 is 1.85 bits per heavy atom. The smallest absolute Gasteiger partial charge is 0.429 e. The minimum atomic E-state index is -5.42. The summed E-state index contributed by atoms with van der Waals surface area (Å²) in [5.41, 5.74) is -3.35. The number of halogens is 10. The van der Waals surface area contributed by atoms with Crippen LogP contribution in [0, 0.1) is 17.5 Å². The van der Waals surface area contributed by atoms with Crippen molar-refractivity contribution in [3.05, 3.63) is 94.6 Å². The van der Waals surface area contributed by atoms with Gasteiger partial charge in [-0.15, -0.1) is 0 Å². The molecule has 0 N–H and O–H groups in total. The molecule has 11 heteroatoms. The third-order valence-electron chi connectivity index (χ3n) is 5.79. The summed E-state index contributed by atoms with van der Waals surface area (Å²) < 4.78 is 142. The zero-order valence-corrected chi connectivity index (χ0v) is 20.4. The van der Waals surface area contributed by atoms with Crippen molar-refractivity contribution < 1.29 is 48.6 Å². The summed E-state index contributed by atoms with van der Waals surface area (Å²) in [6.07, 6.45) is -6.88. The fraction of sp³-hybridized carbons (Fsp3) is 0.286. The lowest BCUT2D eigenvalue weighted by atomic mass is 10.0. The van der Waals surface area contributed by atoms with Crippen molar-refractivity contribution in [2.45, 2.75) is 51.3 Å². The van der Waals surface area contributed by atoms with Crippen molar-refractivity contribution in [1.82, 2.24) is 0 Å².